The van der Waals surface area contributed by atoms with Crippen LogP contribution < -0.4 is 5.32 Å². The maximum absolute atomic E-state index is 12.5. The van der Waals surface area contributed by atoms with E-state index in [0.717, 1.165) is 39.0 Å². The molecule has 0 aromatic heterocycles. The lowest BCUT2D eigenvalue weighted by Gasteiger charge is -2.38. The highest BCUT2D eigenvalue weighted by molar-refractivity contribution is 5.79. The van der Waals surface area contributed by atoms with Crippen LogP contribution in [0.3, 0.4) is 0 Å². The quantitative estimate of drug-likeness (QED) is 0.824. The molecule has 0 spiro atoms. The number of amides is 1. The van der Waals surface area contributed by atoms with Gasteiger partial charge in [-0.1, -0.05) is 13.8 Å². The number of hydrogen-bond donors (Lipinski definition) is 1. The Kier molecular flexibility index (Phi) is 4.62. The van der Waals surface area contributed by atoms with Gasteiger partial charge in [-0.05, 0) is 32.2 Å². The minimum Gasteiger partial charge on any atom is -0.377 e. The number of nitrogens with zero attached hydrogens (tertiary/aromatic N) is 1. The summed E-state index contributed by atoms with van der Waals surface area (Å²) < 4.78 is 5.64. The maximum atomic E-state index is 12.5. The largest absolute Gasteiger partial charge is 0.377 e. The summed E-state index contributed by atoms with van der Waals surface area (Å²) in [5.74, 6) is 0.962. The first-order valence-electron chi connectivity index (χ1n) is 7.25. The summed E-state index contributed by atoms with van der Waals surface area (Å²) in [5.41, 5.74) is 0. The number of nitrogens with one attached hydrogen (secondary N) is 1. The van der Waals surface area contributed by atoms with Gasteiger partial charge < -0.3 is 15.0 Å². The van der Waals surface area contributed by atoms with Crippen LogP contribution in [0.2, 0.25) is 0 Å². The van der Waals surface area contributed by atoms with Crippen molar-refractivity contribution in [3.8, 4) is 0 Å². The molecule has 18 heavy (non-hydrogen) atoms. The Labute approximate surface area is 110 Å². The Hall–Kier alpha value is -0.610. The van der Waals surface area contributed by atoms with Gasteiger partial charge in [0, 0.05) is 25.7 Å². The van der Waals surface area contributed by atoms with Crippen molar-refractivity contribution in [2.45, 2.75) is 45.3 Å². The second kappa shape index (κ2) is 6.02. The number of carbonyl (C=O) groups is 1. The molecule has 0 aliphatic carbocycles. The van der Waals surface area contributed by atoms with Gasteiger partial charge in [0.05, 0.1) is 12.0 Å². The van der Waals surface area contributed by atoms with Crippen LogP contribution in [-0.2, 0) is 9.53 Å². The Balaban J connectivity index is 1.94. The number of ether oxygens (including phenoxy) is 1. The first-order valence-corrected chi connectivity index (χ1v) is 7.25. The summed E-state index contributed by atoms with van der Waals surface area (Å²) in [5, 5.41) is 3.34. The van der Waals surface area contributed by atoms with Crippen LogP contribution in [0.5, 0.6) is 0 Å². The van der Waals surface area contributed by atoms with E-state index in [1.807, 2.05) is 7.05 Å². The third kappa shape index (κ3) is 2.69. The van der Waals surface area contributed by atoms with Crippen molar-refractivity contribution < 1.29 is 9.53 Å². The van der Waals surface area contributed by atoms with E-state index in [1.54, 1.807) is 0 Å². The predicted molar refractivity (Wildman–Crippen MR) is 71.3 cm³/mol. The normalized spacial score (nSPS) is 36.9. The Morgan fingerprint density at radius 3 is 2.83 bits per heavy atom. The average Bonchev–Trinajstić information content (AvgIpc) is 2.86. The van der Waals surface area contributed by atoms with Gasteiger partial charge in [-0.3, -0.25) is 4.79 Å². The van der Waals surface area contributed by atoms with E-state index in [4.69, 9.17) is 4.74 Å². The molecule has 0 radical (unpaired) electrons. The molecule has 4 heteroatoms. The Bertz CT molecular complexity index is 296. The highest BCUT2D eigenvalue weighted by Gasteiger charge is 2.37. The molecule has 0 aromatic carbocycles. The fourth-order valence-electron chi connectivity index (χ4n) is 3.34. The first kappa shape index (κ1) is 13.8. The van der Waals surface area contributed by atoms with Crippen molar-refractivity contribution >= 4 is 5.91 Å². The summed E-state index contributed by atoms with van der Waals surface area (Å²) in [7, 11) is 2.01. The molecule has 4 unspecified atom stereocenters. The van der Waals surface area contributed by atoms with Gasteiger partial charge in [-0.15, -0.1) is 0 Å². The molecule has 0 saturated carbocycles. The zero-order valence-electron chi connectivity index (χ0n) is 11.8. The molecular formula is C14H26N2O2. The minimum atomic E-state index is 0.105. The zero-order valence-corrected chi connectivity index (χ0v) is 11.8. The lowest BCUT2D eigenvalue weighted by Crippen LogP contribution is -2.51. The van der Waals surface area contributed by atoms with Crippen LogP contribution in [0.15, 0.2) is 0 Å². The summed E-state index contributed by atoms with van der Waals surface area (Å²) in [6.07, 6.45) is 3.06. The zero-order chi connectivity index (χ0) is 13.1. The molecule has 2 aliphatic rings. The Morgan fingerprint density at radius 2 is 2.22 bits per heavy atom. The third-order valence-electron chi connectivity index (χ3n) is 4.52. The summed E-state index contributed by atoms with van der Waals surface area (Å²) in [6, 6.07) is 0.552. The van der Waals surface area contributed by atoms with Crippen LogP contribution in [-0.4, -0.2) is 49.7 Å². The van der Waals surface area contributed by atoms with Crippen LogP contribution in [0.1, 0.15) is 33.1 Å². The van der Waals surface area contributed by atoms with Gasteiger partial charge in [-0.25, -0.2) is 0 Å². The number of piperidine rings is 1. The standard InChI is InChI=1S/C14H26N2O2/c1-4-13-11(6-8-18-13)14(17)16-7-5-12(15-3)10(2)9-16/h10-13,15H,4-9H2,1-3H3. The monoisotopic (exact) mass is 254 g/mol. The van der Waals surface area contributed by atoms with Crippen molar-refractivity contribution in [2.24, 2.45) is 11.8 Å². The van der Waals surface area contributed by atoms with E-state index in [1.165, 1.54) is 0 Å². The van der Waals surface area contributed by atoms with Gasteiger partial charge in [-0.2, -0.15) is 0 Å². The second-order valence-corrected chi connectivity index (χ2v) is 5.66. The lowest BCUT2D eigenvalue weighted by molar-refractivity contribution is -0.139. The maximum Gasteiger partial charge on any atom is 0.228 e. The van der Waals surface area contributed by atoms with Crippen LogP contribution in [0, 0.1) is 11.8 Å². The van der Waals surface area contributed by atoms with Crippen molar-refractivity contribution in [2.75, 3.05) is 26.7 Å². The van der Waals surface area contributed by atoms with E-state index >= 15 is 0 Å². The van der Waals surface area contributed by atoms with Gasteiger partial charge in [0.1, 0.15) is 0 Å². The highest BCUT2D eigenvalue weighted by Crippen LogP contribution is 2.27. The van der Waals surface area contributed by atoms with Crippen molar-refractivity contribution in [1.82, 2.24) is 10.2 Å². The van der Waals surface area contributed by atoms with Gasteiger partial charge in [0.15, 0.2) is 0 Å². The molecule has 2 fully saturated rings. The van der Waals surface area contributed by atoms with E-state index in [2.05, 4.69) is 24.1 Å². The molecule has 0 aromatic rings. The first-order chi connectivity index (χ1) is 8.67. The number of carbonyl (C=O) groups excluding carboxylic acids is 1. The summed E-state index contributed by atoms with van der Waals surface area (Å²) in [6.45, 7) is 6.85. The van der Waals surface area contributed by atoms with E-state index in [-0.39, 0.29) is 12.0 Å². The molecule has 2 saturated heterocycles. The number of hydrogen-bond acceptors (Lipinski definition) is 3. The van der Waals surface area contributed by atoms with Gasteiger partial charge in [0.25, 0.3) is 0 Å². The molecule has 4 atom stereocenters. The van der Waals surface area contributed by atoms with Crippen LogP contribution in [0.25, 0.3) is 0 Å². The molecule has 1 amide bonds. The summed E-state index contributed by atoms with van der Waals surface area (Å²) in [4.78, 5) is 14.6. The molecule has 0 bridgehead atoms. The molecule has 4 nitrogen and oxygen atoms in total. The topological polar surface area (TPSA) is 41.6 Å². The lowest BCUT2D eigenvalue weighted by atomic mass is 9.91. The third-order valence-corrected chi connectivity index (χ3v) is 4.52. The van der Waals surface area contributed by atoms with Crippen LogP contribution in [0.4, 0.5) is 0 Å². The molecule has 2 aliphatic heterocycles. The molecule has 2 heterocycles. The molecular weight excluding hydrogens is 228 g/mol. The predicted octanol–water partition coefficient (Wildman–Crippen LogP) is 1.26. The van der Waals surface area contributed by atoms with E-state index in [9.17, 15) is 4.79 Å². The van der Waals surface area contributed by atoms with Crippen molar-refractivity contribution in [3.63, 3.8) is 0 Å². The second-order valence-electron chi connectivity index (χ2n) is 5.66. The molecule has 104 valence electrons. The Morgan fingerprint density at radius 1 is 1.44 bits per heavy atom. The number of rotatable bonds is 3. The minimum absolute atomic E-state index is 0.105. The van der Waals surface area contributed by atoms with Crippen molar-refractivity contribution in [1.29, 1.82) is 0 Å². The SMILES string of the molecule is CCC1OCCC1C(=O)N1CCC(NC)C(C)C1. The van der Waals surface area contributed by atoms with Crippen molar-refractivity contribution in [3.05, 3.63) is 0 Å². The van der Waals surface area contributed by atoms with E-state index in [0.29, 0.717) is 17.9 Å². The smallest absolute Gasteiger partial charge is 0.228 e. The highest BCUT2D eigenvalue weighted by atomic mass is 16.5. The van der Waals surface area contributed by atoms with E-state index < -0.39 is 0 Å². The molecule has 2 rings (SSSR count). The average molecular weight is 254 g/mol. The van der Waals surface area contributed by atoms with Gasteiger partial charge in [0.2, 0.25) is 5.91 Å². The molecule has 1 N–H and O–H groups in total. The summed E-state index contributed by atoms with van der Waals surface area (Å²) >= 11 is 0. The fraction of sp³-hybridized carbons (Fsp3) is 0.929. The van der Waals surface area contributed by atoms with Crippen LogP contribution >= 0.6 is 0 Å². The fourth-order valence-corrected chi connectivity index (χ4v) is 3.34. The number of likely N-dealkylation sites (tertiary alicyclic amines) is 1. The van der Waals surface area contributed by atoms with Gasteiger partial charge >= 0.3 is 0 Å².